The van der Waals surface area contributed by atoms with E-state index in [9.17, 15) is 14.9 Å². The van der Waals surface area contributed by atoms with Gasteiger partial charge in [-0.1, -0.05) is 63.4 Å². The number of carbonyl (C=O) groups excluding carboxylic acids is 1. The second-order valence-corrected chi connectivity index (χ2v) is 8.51. The summed E-state index contributed by atoms with van der Waals surface area (Å²) in [5, 5.41) is 14.4. The summed E-state index contributed by atoms with van der Waals surface area (Å²) in [5.41, 5.74) is 7.69. The number of hydrogen-bond donors (Lipinski definition) is 1. The monoisotopic (exact) mass is 440 g/mol. The molecule has 1 amide bonds. The first kappa shape index (κ1) is 22.7. The molecule has 2 aromatic rings. The largest absolute Gasteiger partial charge is 0.374 e. The van der Waals surface area contributed by atoms with Crippen molar-refractivity contribution >= 4 is 40.3 Å². The van der Waals surface area contributed by atoms with Gasteiger partial charge in [0.15, 0.2) is 5.11 Å². The maximum atomic E-state index is 13.9. The van der Waals surface area contributed by atoms with Gasteiger partial charge in [0, 0.05) is 12.0 Å². The molecule has 1 saturated carbocycles. The van der Waals surface area contributed by atoms with Crippen LogP contribution in [0, 0.1) is 16.0 Å². The van der Waals surface area contributed by atoms with E-state index in [0.29, 0.717) is 5.69 Å². The zero-order chi connectivity index (χ0) is 22.5. The Morgan fingerprint density at radius 3 is 2.19 bits per heavy atom. The van der Waals surface area contributed by atoms with Crippen molar-refractivity contribution < 1.29 is 9.72 Å². The summed E-state index contributed by atoms with van der Waals surface area (Å²) in [6, 6.07) is 13.8. The molecule has 0 saturated heterocycles. The van der Waals surface area contributed by atoms with E-state index in [1.54, 1.807) is 18.2 Å². The highest BCUT2D eigenvalue weighted by Crippen LogP contribution is 2.37. The van der Waals surface area contributed by atoms with Crippen LogP contribution in [0.1, 0.15) is 57.4 Å². The molecule has 0 aliphatic heterocycles. The van der Waals surface area contributed by atoms with Gasteiger partial charge in [-0.3, -0.25) is 14.9 Å². The number of benzene rings is 2. The van der Waals surface area contributed by atoms with Crippen molar-refractivity contribution in [2.24, 2.45) is 11.7 Å². The molecule has 0 spiro atoms. The predicted octanol–water partition coefficient (Wildman–Crippen LogP) is 5.30. The van der Waals surface area contributed by atoms with Crippen LogP contribution in [0.15, 0.2) is 48.5 Å². The number of hydrazine groups is 1. The molecule has 2 N–H and O–H groups in total. The molecule has 0 atom stereocenters. The normalized spacial score (nSPS) is 14.3. The smallest absolute Gasteiger partial charge is 0.294 e. The van der Waals surface area contributed by atoms with E-state index in [4.69, 9.17) is 18.0 Å². The number of amides is 1. The Morgan fingerprint density at radius 2 is 1.61 bits per heavy atom. The number of rotatable bonds is 5. The van der Waals surface area contributed by atoms with Crippen molar-refractivity contribution in [2.75, 3.05) is 10.0 Å². The number of nitrogens with zero attached hydrogens (tertiary/aromatic N) is 3. The summed E-state index contributed by atoms with van der Waals surface area (Å²) in [5.74, 6) is -0.204. The zero-order valence-corrected chi connectivity index (χ0v) is 18.7. The maximum absolute atomic E-state index is 13.9. The molecule has 0 radical (unpaired) electrons. The van der Waals surface area contributed by atoms with Gasteiger partial charge in [-0.15, -0.1) is 0 Å². The molecular formula is C23H28N4O3S. The third-order valence-electron chi connectivity index (χ3n) is 5.67. The van der Waals surface area contributed by atoms with Crippen LogP contribution >= 0.6 is 12.2 Å². The third-order valence-corrected chi connectivity index (χ3v) is 5.84. The summed E-state index contributed by atoms with van der Waals surface area (Å²) in [6.45, 7) is 4.08. The quantitative estimate of drug-likeness (QED) is 0.385. The third kappa shape index (κ3) is 4.85. The van der Waals surface area contributed by atoms with E-state index in [1.807, 2.05) is 38.1 Å². The first-order valence-corrected chi connectivity index (χ1v) is 11.0. The van der Waals surface area contributed by atoms with Crippen molar-refractivity contribution in [3.05, 3.63) is 64.2 Å². The Balaban J connectivity index is 2.22. The highest BCUT2D eigenvalue weighted by molar-refractivity contribution is 7.80. The summed E-state index contributed by atoms with van der Waals surface area (Å²) in [6.07, 6.45) is 4.63. The fourth-order valence-corrected chi connectivity index (χ4v) is 4.32. The second kappa shape index (κ2) is 9.87. The van der Waals surface area contributed by atoms with Gasteiger partial charge in [0.2, 0.25) is 5.91 Å². The van der Waals surface area contributed by atoms with Crippen LogP contribution in [0.2, 0.25) is 0 Å². The average Bonchev–Trinajstić information content (AvgIpc) is 2.77. The summed E-state index contributed by atoms with van der Waals surface area (Å²) >= 11 is 5.34. The standard InChI is InChI=1S/C23H28N4O3S/c1-16(2)18-12-6-7-13-19(18)25(22(28)17-10-4-3-5-11-17)26(23(24)31)20-14-8-9-15-21(20)27(29)30/h6-9,12-17H,3-5,10-11H2,1-2H3,(H2,24,31). The van der Waals surface area contributed by atoms with Gasteiger partial charge in [-0.25, -0.2) is 10.0 Å². The molecule has 1 aliphatic rings. The van der Waals surface area contributed by atoms with E-state index in [2.05, 4.69) is 0 Å². The first-order valence-electron chi connectivity index (χ1n) is 10.6. The van der Waals surface area contributed by atoms with Crippen molar-refractivity contribution in [1.29, 1.82) is 0 Å². The van der Waals surface area contributed by atoms with Crippen molar-refractivity contribution in [3.63, 3.8) is 0 Å². The lowest BCUT2D eigenvalue weighted by molar-refractivity contribution is -0.384. The molecular weight excluding hydrogens is 412 g/mol. The van der Waals surface area contributed by atoms with Gasteiger partial charge in [0.1, 0.15) is 5.69 Å². The molecule has 31 heavy (non-hydrogen) atoms. The Hall–Kier alpha value is -3.00. The van der Waals surface area contributed by atoms with E-state index >= 15 is 0 Å². The van der Waals surface area contributed by atoms with Crippen LogP contribution < -0.4 is 15.8 Å². The predicted molar refractivity (Wildman–Crippen MR) is 127 cm³/mol. The van der Waals surface area contributed by atoms with Gasteiger partial charge in [-0.2, -0.15) is 0 Å². The second-order valence-electron chi connectivity index (χ2n) is 8.09. The van der Waals surface area contributed by atoms with Crippen LogP contribution in [0.3, 0.4) is 0 Å². The number of nitrogens with two attached hydrogens (primary N) is 1. The summed E-state index contributed by atoms with van der Waals surface area (Å²) < 4.78 is 0. The number of hydrogen-bond acceptors (Lipinski definition) is 4. The lowest BCUT2D eigenvalue weighted by Crippen LogP contribution is -2.55. The molecule has 2 aromatic carbocycles. The minimum Gasteiger partial charge on any atom is -0.374 e. The van der Waals surface area contributed by atoms with E-state index in [-0.39, 0.29) is 34.2 Å². The van der Waals surface area contributed by atoms with E-state index in [0.717, 1.165) is 37.7 Å². The van der Waals surface area contributed by atoms with Crippen LogP contribution in [0.5, 0.6) is 0 Å². The highest BCUT2D eigenvalue weighted by atomic mass is 32.1. The van der Waals surface area contributed by atoms with Gasteiger partial charge < -0.3 is 5.73 Å². The number of para-hydroxylation sites is 3. The topological polar surface area (TPSA) is 92.7 Å². The highest BCUT2D eigenvalue weighted by Gasteiger charge is 2.36. The zero-order valence-electron chi connectivity index (χ0n) is 17.9. The van der Waals surface area contributed by atoms with Gasteiger partial charge in [0.25, 0.3) is 5.69 Å². The van der Waals surface area contributed by atoms with Crippen LogP contribution in [0.4, 0.5) is 17.1 Å². The molecule has 7 nitrogen and oxygen atoms in total. The lowest BCUT2D eigenvalue weighted by atomic mass is 9.88. The van der Waals surface area contributed by atoms with Crippen molar-refractivity contribution in [3.8, 4) is 0 Å². The Labute approximate surface area is 188 Å². The Kier molecular flexibility index (Phi) is 7.22. The van der Waals surface area contributed by atoms with Crippen LogP contribution in [-0.2, 0) is 4.79 Å². The van der Waals surface area contributed by atoms with Crippen molar-refractivity contribution in [2.45, 2.75) is 51.9 Å². The number of nitro benzene ring substituents is 1. The number of carbonyl (C=O) groups is 1. The first-order chi connectivity index (χ1) is 14.8. The maximum Gasteiger partial charge on any atom is 0.294 e. The minimum atomic E-state index is -0.488. The van der Waals surface area contributed by atoms with Crippen molar-refractivity contribution in [1.82, 2.24) is 0 Å². The molecule has 0 heterocycles. The lowest BCUT2D eigenvalue weighted by Gasteiger charge is -2.38. The molecule has 3 rings (SSSR count). The van der Waals surface area contributed by atoms with Crippen LogP contribution in [0.25, 0.3) is 0 Å². The molecule has 0 bridgehead atoms. The Morgan fingerprint density at radius 1 is 1.03 bits per heavy atom. The SMILES string of the molecule is CC(C)c1ccccc1N(C(=O)C1CCCCC1)N(C(N)=S)c1ccccc1[N+](=O)[O-]. The van der Waals surface area contributed by atoms with Gasteiger partial charge >= 0.3 is 0 Å². The molecule has 1 aliphatic carbocycles. The summed E-state index contributed by atoms with van der Waals surface area (Å²) in [7, 11) is 0. The fraction of sp³-hybridized carbons (Fsp3) is 0.391. The Bertz CT molecular complexity index is 973. The molecule has 0 unspecified atom stereocenters. The molecule has 1 fully saturated rings. The molecule has 8 heteroatoms. The van der Waals surface area contributed by atoms with Crippen LogP contribution in [-0.4, -0.2) is 15.9 Å². The minimum absolute atomic E-state index is 0.122. The number of thiocarbonyl (C=S) groups is 1. The van der Waals surface area contributed by atoms with E-state index in [1.165, 1.54) is 16.1 Å². The fourth-order valence-electron chi connectivity index (χ4n) is 4.14. The number of anilines is 2. The molecule has 0 aromatic heterocycles. The number of nitro groups is 1. The van der Waals surface area contributed by atoms with E-state index < -0.39 is 4.92 Å². The average molecular weight is 441 g/mol. The summed E-state index contributed by atoms with van der Waals surface area (Å²) in [4.78, 5) is 25.1. The molecule has 164 valence electrons. The van der Waals surface area contributed by atoms with Gasteiger partial charge in [-0.05, 0) is 48.7 Å². The van der Waals surface area contributed by atoms with Gasteiger partial charge in [0.05, 0.1) is 10.6 Å².